The van der Waals surface area contributed by atoms with Gasteiger partial charge in [-0.15, -0.1) is 0 Å². The number of benzene rings is 2. The van der Waals surface area contributed by atoms with Gasteiger partial charge in [0.05, 0.1) is 18.6 Å². The van der Waals surface area contributed by atoms with Gasteiger partial charge in [-0.25, -0.2) is 4.57 Å². The number of carbonyl (C=O) groups is 1. The minimum absolute atomic E-state index is 0.0885. The van der Waals surface area contributed by atoms with Crippen LogP contribution in [0.4, 0.5) is 5.69 Å². The summed E-state index contributed by atoms with van der Waals surface area (Å²) in [6.45, 7) is 4.51. The summed E-state index contributed by atoms with van der Waals surface area (Å²) in [5.41, 5.74) is 4.87. The van der Waals surface area contributed by atoms with Gasteiger partial charge in [-0.3, -0.25) is 9.35 Å². The maximum Gasteiger partial charge on any atom is 0.370 e. The van der Waals surface area contributed by atoms with E-state index in [0.717, 1.165) is 46.3 Å². The van der Waals surface area contributed by atoms with Crippen LogP contribution in [-0.4, -0.2) is 40.7 Å². The summed E-state index contributed by atoms with van der Waals surface area (Å²) in [5.74, 6) is -0.415. The van der Waals surface area contributed by atoms with Crippen LogP contribution in [0.25, 0.3) is 28.2 Å². The monoisotopic (exact) mass is 592 g/mol. The maximum atomic E-state index is 11.9. The number of allylic oxidation sites excluding steroid dienone is 3. The number of oxazole rings is 1. The Kier molecular flexibility index (Phi) is 7.93. The van der Waals surface area contributed by atoms with E-state index in [-0.39, 0.29) is 17.9 Å². The molecule has 3 heterocycles. The van der Waals surface area contributed by atoms with E-state index >= 15 is 0 Å². The summed E-state index contributed by atoms with van der Waals surface area (Å²) in [7, 11) is -2.49. The number of fused-ring (bicyclic) bond motifs is 3. The minimum Gasteiger partial charge on any atom is -0.481 e. The molecule has 0 atom stereocenters. The number of anilines is 1. The molecule has 0 bridgehead atoms. The van der Waals surface area contributed by atoms with Crippen molar-refractivity contribution in [1.82, 2.24) is 4.98 Å². The van der Waals surface area contributed by atoms with Gasteiger partial charge < -0.3 is 19.5 Å². The first-order valence-corrected chi connectivity index (χ1v) is 15.2. The Hall–Kier alpha value is -4.06. The summed E-state index contributed by atoms with van der Waals surface area (Å²) in [6.07, 6.45) is 7.71. The highest BCUT2D eigenvalue weighted by atomic mass is 32.2. The lowest BCUT2D eigenvalue weighted by Crippen LogP contribution is -2.31. The molecule has 0 radical (unpaired) electrons. The van der Waals surface area contributed by atoms with Gasteiger partial charge >= 0.3 is 17.5 Å². The van der Waals surface area contributed by atoms with E-state index in [2.05, 4.69) is 9.88 Å². The maximum absolute atomic E-state index is 11.9. The molecule has 1 aliphatic rings. The number of carboxylic acid groups (broad SMARTS) is 1. The molecule has 1 aliphatic heterocycles. The molecule has 220 valence electrons. The topological polar surface area (TPSA) is 145 Å². The zero-order valence-corrected chi connectivity index (χ0v) is 24.6. The Morgan fingerprint density at radius 2 is 1.93 bits per heavy atom. The standard InChI is InChI=1S/C31H33N3O7S/c1-31(2)23-18-22(42(38,39)40)14-15-24(23)34(16-6-4-5-13-28(36)37)26(31)11-8-12-27-32-30-25(41-27)17-20-9-7-10-21(19-35)29(20)33(30)3/h7-12,14-15,17-18,35H,4-6,13,16,19H2,1-3H3,(H-,36,37,38,39,40)/p+1. The third-order valence-corrected chi connectivity index (χ3v) is 8.69. The van der Waals surface area contributed by atoms with Crippen molar-refractivity contribution >= 4 is 50.0 Å². The number of unbranched alkanes of at least 4 members (excludes halogenated alkanes) is 2. The second kappa shape index (κ2) is 11.3. The molecule has 0 spiro atoms. The zero-order valence-electron chi connectivity index (χ0n) is 23.7. The molecule has 0 saturated carbocycles. The fourth-order valence-corrected chi connectivity index (χ4v) is 6.26. The molecule has 11 heteroatoms. The lowest BCUT2D eigenvalue weighted by molar-refractivity contribution is -0.620. The smallest absolute Gasteiger partial charge is 0.370 e. The number of aliphatic carboxylic acids is 1. The van der Waals surface area contributed by atoms with Gasteiger partial charge in [-0.2, -0.15) is 8.42 Å². The summed E-state index contributed by atoms with van der Waals surface area (Å²) >= 11 is 0. The quantitative estimate of drug-likeness (QED) is 0.133. The summed E-state index contributed by atoms with van der Waals surface area (Å²) in [5, 5.41) is 19.7. The van der Waals surface area contributed by atoms with Crippen molar-refractivity contribution < 1.29 is 37.0 Å². The van der Waals surface area contributed by atoms with Crippen LogP contribution in [0.15, 0.2) is 69.6 Å². The number of nitrogens with zero attached hydrogens (tertiary/aromatic N) is 3. The van der Waals surface area contributed by atoms with Gasteiger partial charge in [0, 0.05) is 57.8 Å². The fraction of sp³-hybridized carbons (Fsp3) is 0.323. The molecule has 0 unspecified atom stereocenters. The number of carboxylic acids is 1. The molecule has 0 fully saturated rings. The number of aromatic nitrogens is 2. The average Bonchev–Trinajstić information content (AvgIpc) is 3.43. The Labute approximate surface area is 244 Å². The van der Waals surface area contributed by atoms with Gasteiger partial charge in [0.2, 0.25) is 5.58 Å². The predicted octanol–water partition coefficient (Wildman–Crippen LogP) is 4.88. The van der Waals surface area contributed by atoms with E-state index in [1.54, 1.807) is 12.1 Å². The van der Waals surface area contributed by atoms with Crippen LogP contribution in [0.5, 0.6) is 0 Å². The Morgan fingerprint density at radius 1 is 1.14 bits per heavy atom. The third-order valence-electron chi connectivity index (χ3n) is 7.84. The molecule has 2 aromatic heterocycles. The summed E-state index contributed by atoms with van der Waals surface area (Å²) in [4.78, 5) is 17.5. The molecule has 2 aromatic carbocycles. The highest BCUT2D eigenvalue weighted by molar-refractivity contribution is 7.85. The van der Waals surface area contributed by atoms with Crippen LogP contribution in [0.3, 0.4) is 0 Å². The molecular formula is C31H34N3O7S+. The van der Waals surface area contributed by atoms with E-state index in [0.29, 0.717) is 30.1 Å². The highest BCUT2D eigenvalue weighted by Gasteiger charge is 2.40. The van der Waals surface area contributed by atoms with E-state index in [9.17, 15) is 22.9 Å². The molecule has 4 aromatic rings. The molecule has 0 saturated heterocycles. The van der Waals surface area contributed by atoms with E-state index in [1.807, 2.05) is 61.9 Å². The van der Waals surface area contributed by atoms with Crippen molar-refractivity contribution in [3.05, 3.63) is 77.3 Å². The van der Waals surface area contributed by atoms with Crippen LogP contribution in [-0.2, 0) is 34.0 Å². The SMILES string of the molecule is C[n+]1c2nc(C=CC=C3N(CCCCCC(=O)O)c4ccc(S(=O)(=O)O)cc4C3(C)C)oc2cc2cccc(CO)c21. The first-order valence-electron chi connectivity index (χ1n) is 13.7. The Morgan fingerprint density at radius 3 is 2.64 bits per heavy atom. The van der Waals surface area contributed by atoms with Gasteiger partial charge in [-0.05, 0) is 42.7 Å². The largest absolute Gasteiger partial charge is 0.481 e. The van der Waals surface area contributed by atoms with Crippen molar-refractivity contribution in [3.63, 3.8) is 0 Å². The molecule has 0 aliphatic carbocycles. The normalized spacial score (nSPS) is 15.8. The van der Waals surface area contributed by atoms with Crippen LogP contribution >= 0.6 is 0 Å². The van der Waals surface area contributed by atoms with E-state index < -0.39 is 21.5 Å². The first-order chi connectivity index (χ1) is 19.9. The van der Waals surface area contributed by atoms with Crippen molar-refractivity contribution in [1.29, 1.82) is 0 Å². The number of pyridine rings is 1. The van der Waals surface area contributed by atoms with Crippen molar-refractivity contribution in [2.45, 2.75) is 56.4 Å². The number of para-hydroxylation sites is 1. The van der Waals surface area contributed by atoms with Crippen molar-refractivity contribution in [3.8, 4) is 0 Å². The predicted molar refractivity (Wildman–Crippen MR) is 158 cm³/mol. The van der Waals surface area contributed by atoms with E-state index in [4.69, 9.17) is 9.52 Å². The number of aliphatic hydroxyl groups is 1. The highest BCUT2D eigenvalue weighted by Crippen LogP contribution is 2.48. The molecule has 10 nitrogen and oxygen atoms in total. The number of hydrogen-bond donors (Lipinski definition) is 3. The third kappa shape index (κ3) is 5.55. The summed E-state index contributed by atoms with van der Waals surface area (Å²) in [6, 6.07) is 12.2. The molecule has 3 N–H and O–H groups in total. The van der Waals surface area contributed by atoms with Crippen molar-refractivity contribution in [2.75, 3.05) is 11.4 Å². The lowest BCUT2D eigenvalue weighted by atomic mass is 9.83. The van der Waals surface area contributed by atoms with Crippen molar-refractivity contribution in [2.24, 2.45) is 7.05 Å². The van der Waals surface area contributed by atoms with Crippen LogP contribution < -0.4 is 9.47 Å². The lowest BCUT2D eigenvalue weighted by Gasteiger charge is -2.27. The Bertz CT molecular complexity index is 1860. The number of aliphatic hydroxyl groups excluding tert-OH is 1. The fourth-order valence-electron chi connectivity index (χ4n) is 5.76. The zero-order chi connectivity index (χ0) is 30.2. The molecular weight excluding hydrogens is 558 g/mol. The van der Waals surface area contributed by atoms with Crippen LogP contribution in [0, 0.1) is 0 Å². The molecule has 5 rings (SSSR count). The van der Waals surface area contributed by atoms with E-state index in [1.165, 1.54) is 12.1 Å². The van der Waals surface area contributed by atoms with Gasteiger partial charge in [-0.1, -0.05) is 44.5 Å². The van der Waals surface area contributed by atoms with Gasteiger partial charge in [0.25, 0.3) is 10.1 Å². The average molecular weight is 593 g/mol. The number of hydrogen-bond acceptors (Lipinski definition) is 7. The first kappa shape index (κ1) is 29.4. The molecule has 0 amide bonds. The van der Waals surface area contributed by atoms with Crippen LogP contribution in [0.2, 0.25) is 0 Å². The molecule has 42 heavy (non-hydrogen) atoms. The van der Waals surface area contributed by atoms with Gasteiger partial charge in [0.15, 0.2) is 0 Å². The minimum atomic E-state index is -4.37. The van der Waals surface area contributed by atoms with Crippen LogP contribution in [0.1, 0.15) is 56.5 Å². The number of aryl methyl sites for hydroxylation is 1. The second-order valence-corrected chi connectivity index (χ2v) is 12.4. The van der Waals surface area contributed by atoms with Gasteiger partial charge in [0.1, 0.15) is 5.52 Å². The summed E-state index contributed by atoms with van der Waals surface area (Å²) < 4.78 is 41.4. The second-order valence-electron chi connectivity index (χ2n) is 11.0. The number of rotatable bonds is 10. The Balaban J connectivity index is 1.49.